The Kier molecular flexibility index (Phi) is 19.0. The molecule has 12 aromatic heterocycles. The predicted molar refractivity (Wildman–Crippen MR) is 513 cm³/mol. The van der Waals surface area contributed by atoms with E-state index < -0.39 is 0 Å². The first-order valence-electron chi connectivity index (χ1n) is 46.1. The summed E-state index contributed by atoms with van der Waals surface area (Å²) in [6.07, 6.45) is 23.0. The van der Waals surface area contributed by atoms with E-state index in [0.717, 1.165) is 22.4 Å². The lowest BCUT2D eigenvalue weighted by atomic mass is 9.91. The maximum atomic E-state index is 5.52. The van der Waals surface area contributed by atoms with Gasteiger partial charge >= 0.3 is 0 Å². The van der Waals surface area contributed by atoms with Crippen molar-refractivity contribution in [1.29, 1.82) is 0 Å². The van der Waals surface area contributed by atoms with Gasteiger partial charge in [0.25, 0.3) is 22.6 Å². The van der Waals surface area contributed by atoms with Crippen molar-refractivity contribution < 1.29 is 18.3 Å². The van der Waals surface area contributed by atoms with Gasteiger partial charge in [-0.25, -0.2) is 23.3 Å². The minimum Gasteiger partial charge on any atom is -0.255 e. The summed E-state index contributed by atoms with van der Waals surface area (Å²) in [7, 11) is 8.75. The van der Waals surface area contributed by atoms with Crippen molar-refractivity contribution in [1.82, 2.24) is 37.5 Å². The number of benzene rings is 9. The second-order valence-corrected chi connectivity index (χ2v) is 37.4. The Hall–Kier alpha value is -12.5. The minimum absolute atomic E-state index is 0.410. The highest BCUT2D eigenvalue weighted by Gasteiger charge is 2.36. The van der Waals surface area contributed by atoms with E-state index >= 15 is 0 Å². The van der Waals surface area contributed by atoms with E-state index in [-0.39, 0.29) is 0 Å². The van der Waals surface area contributed by atoms with Gasteiger partial charge in [-0.3, -0.25) is 15.0 Å². The van der Waals surface area contributed by atoms with Gasteiger partial charge in [-0.05, 0) is 282 Å². The van der Waals surface area contributed by atoms with Crippen LogP contribution in [0.1, 0.15) is 213 Å². The van der Waals surface area contributed by atoms with Crippen LogP contribution in [0.2, 0.25) is 0 Å². The third-order valence-electron chi connectivity index (χ3n) is 29.6. The molecular formula is C112H112N12+4. The van der Waals surface area contributed by atoms with Crippen LogP contribution >= 0.6 is 0 Å². The van der Waals surface area contributed by atoms with Crippen molar-refractivity contribution in [3.05, 3.63) is 286 Å². The van der Waals surface area contributed by atoms with E-state index in [9.17, 15) is 0 Å². The number of imidazole rings is 4. The third-order valence-corrected chi connectivity index (χ3v) is 29.6. The number of aryl methyl sites for hydroxylation is 11. The van der Waals surface area contributed by atoms with Crippen LogP contribution in [0.3, 0.4) is 0 Å². The van der Waals surface area contributed by atoms with Crippen molar-refractivity contribution in [2.75, 3.05) is 0 Å². The van der Waals surface area contributed by atoms with E-state index in [2.05, 4.69) is 339 Å². The highest BCUT2D eigenvalue weighted by atomic mass is 15.1. The summed E-state index contributed by atoms with van der Waals surface area (Å²) in [6, 6.07) is 78.1. The third kappa shape index (κ3) is 12.0. The predicted octanol–water partition coefficient (Wildman–Crippen LogP) is 26.1. The van der Waals surface area contributed by atoms with Crippen LogP contribution in [0.4, 0.5) is 0 Å². The Morgan fingerprint density at radius 2 is 0.581 bits per heavy atom. The van der Waals surface area contributed by atoms with Crippen molar-refractivity contribution in [2.45, 2.75) is 195 Å². The second-order valence-electron chi connectivity index (χ2n) is 37.4. The Morgan fingerprint density at radius 1 is 0.282 bits per heavy atom. The lowest BCUT2D eigenvalue weighted by Gasteiger charge is -2.17. The molecule has 0 spiro atoms. The Bertz CT molecular complexity index is 8000. The van der Waals surface area contributed by atoms with E-state index in [1.165, 1.54) is 313 Å². The van der Waals surface area contributed by atoms with Crippen LogP contribution in [-0.2, 0) is 28.2 Å². The minimum atomic E-state index is 0.410. The molecular weight excluding hydrogens is 1510 g/mol. The SMILES string of the molecule is Cc1cc(C(C)C)nc2c3c(C4CCCC4)cccc3n3c4ccccc4[n+](C)c3c12.Cc1cc(C)c2c(n1)c1c(C3CCCC3)cccc1n1c3ccccc3[n+](C)c21.Cc1cccc(C)c1-c1cc(C)c2c(n1)c1c(C3CCCC3)cccc1n1c3ccccc3[n+](C)c21.Cc1ccnc2c3c(C4CCCC4)cccc3n3c4ccccc4[n+](C)c3c12. The fraction of sp³-hybridized carbons (Fsp3) is 0.304. The molecule has 25 rings (SSSR count). The maximum absolute atomic E-state index is 5.52. The molecule has 0 atom stereocenters. The van der Waals surface area contributed by atoms with E-state index in [1.807, 2.05) is 6.20 Å². The van der Waals surface area contributed by atoms with Gasteiger partial charge in [0.2, 0.25) is 0 Å². The molecule has 12 heteroatoms. The largest absolute Gasteiger partial charge is 0.297 e. The fourth-order valence-corrected chi connectivity index (χ4v) is 23.9. The molecule has 12 heterocycles. The molecule has 4 aliphatic carbocycles. The molecule has 4 fully saturated rings. The Labute approximate surface area is 724 Å². The van der Waals surface area contributed by atoms with Crippen molar-refractivity contribution >= 4 is 154 Å². The van der Waals surface area contributed by atoms with Crippen LogP contribution in [0.25, 0.3) is 165 Å². The summed E-state index contributed by atoms with van der Waals surface area (Å²) in [5.41, 5.74) is 43.1. The lowest BCUT2D eigenvalue weighted by molar-refractivity contribution is -0.617. The molecule has 4 aliphatic rings. The number of hydrogen-bond donors (Lipinski definition) is 0. The van der Waals surface area contributed by atoms with E-state index in [4.69, 9.17) is 19.9 Å². The number of fused-ring (bicyclic) bond motifs is 32. The summed E-state index contributed by atoms with van der Waals surface area (Å²) in [5.74, 6) is 2.97. The van der Waals surface area contributed by atoms with Gasteiger partial charge in [-0.2, -0.15) is 17.6 Å². The molecule has 9 aromatic carbocycles. The van der Waals surface area contributed by atoms with Gasteiger partial charge in [0.1, 0.15) is 22.1 Å². The van der Waals surface area contributed by atoms with Gasteiger partial charge < -0.3 is 0 Å². The molecule has 12 nitrogen and oxygen atoms in total. The van der Waals surface area contributed by atoms with Gasteiger partial charge in [0, 0.05) is 23.1 Å². The van der Waals surface area contributed by atoms with Crippen molar-refractivity contribution in [2.24, 2.45) is 28.2 Å². The van der Waals surface area contributed by atoms with Crippen molar-refractivity contribution in [3.63, 3.8) is 0 Å². The Balaban J connectivity index is 0.0000000987. The van der Waals surface area contributed by atoms with Gasteiger partial charge in [-0.1, -0.05) is 180 Å². The molecule has 0 bridgehead atoms. The lowest BCUT2D eigenvalue weighted by Crippen LogP contribution is -2.27. The normalized spacial score (nSPS) is 15.2. The van der Waals surface area contributed by atoms with Crippen LogP contribution < -0.4 is 18.3 Å². The average molecular weight is 1630 g/mol. The molecule has 21 aromatic rings. The molecule has 0 amide bonds. The summed E-state index contributed by atoms with van der Waals surface area (Å²) < 4.78 is 19.3. The Morgan fingerprint density at radius 3 is 0.944 bits per heavy atom. The van der Waals surface area contributed by atoms with Gasteiger partial charge in [-0.15, -0.1) is 0 Å². The molecule has 0 unspecified atom stereocenters. The molecule has 616 valence electrons. The molecule has 0 aliphatic heterocycles. The van der Waals surface area contributed by atoms with Crippen LogP contribution in [-0.4, -0.2) is 37.5 Å². The fourth-order valence-electron chi connectivity index (χ4n) is 23.9. The maximum Gasteiger partial charge on any atom is 0.297 e. The highest BCUT2D eigenvalue weighted by Crippen LogP contribution is 2.48. The monoisotopic (exact) mass is 1620 g/mol. The first-order chi connectivity index (χ1) is 60.5. The first kappa shape index (κ1) is 77.5. The van der Waals surface area contributed by atoms with Crippen molar-refractivity contribution in [3.8, 4) is 11.3 Å². The summed E-state index contributed by atoms with van der Waals surface area (Å²) in [6.45, 7) is 20.0. The topological polar surface area (TPSA) is 84.7 Å². The zero-order valence-corrected chi connectivity index (χ0v) is 74.4. The van der Waals surface area contributed by atoms with Crippen LogP contribution in [0, 0.1) is 48.5 Å². The molecule has 124 heavy (non-hydrogen) atoms. The van der Waals surface area contributed by atoms with E-state index in [1.54, 1.807) is 0 Å². The molecule has 0 radical (unpaired) electrons. The molecule has 4 saturated carbocycles. The number of nitrogens with zero attached hydrogens (tertiary/aromatic N) is 12. The first-order valence-corrected chi connectivity index (χ1v) is 46.1. The van der Waals surface area contributed by atoms with Crippen LogP contribution in [0.15, 0.2) is 219 Å². The smallest absolute Gasteiger partial charge is 0.255 e. The van der Waals surface area contributed by atoms with Crippen LogP contribution in [0.5, 0.6) is 0 Å². The molecule has 0 saturated heterocycles. The summed E-state index contributed by atoms with van der Waals surface area (Å²) >= 11 is 0. The summed E-state index contributed by atoms with van der Waals surface area (Å²) in [4.78, 5) is 20.9. The second kappa shape index (κ2) is 30.5. The average Bonchev–Trinajstić information content (AvgIpc) is 1.69. The highest BCUT2D eigenvalue weighted by molar-refractivity contribution is 6.17. The number of hydrogen-bond acceptors (Lipinski definition) is 4. The number of rotatable bonds is 6. The van der Waals surface area contributed by atoms with Gasteiger partial charge in [0.15, 0.2) is 44.1 Å². The zero-order chi connectivity index (χ0) is 84.4. The zero-order valence-electron chi connectivity index (χ0n) is 74.4. The number of pyridine rings is 8. The molecule has 0 N–H and O–H groups in total. The quantitative estimate of drug-likeness (QED) is 0.123. The standard InChI is InChI=1S/C33H32N3.C28H30N3.C26H26N3.C25H24N3/c1-20-11-9-12-21(2)29(20)25-19-22(3)30-32(34-25)31-24(23-13-5-6-14-23)15-10-18-28(31)36-27-17-8-7-16-26(27)35(4)33(30)36;1-17(2)21-16-18(3)25-27(29-21)26-20(19-10-5-6-11-19)12-9-15-24(26)31-23-14-8-7-13-22(23)30(4)28(25)31;1-16-15-17(2)27-25-23(16)26-28(3)20-12-6-7-13-21(20)29(26)22-14-8-11-19(24(22)25)18-9-4-5-10-18;1-16-14-15-26-24-22(16)25-27(2)19-11-5-6-12-20(19)28(25)21-13-7-10-18(23(21)24)17-8-3-4-9-17/h7-12,15-19,23H,5-6,13-14H2,1-4H3;7-9,12-17,19H,5-6,10-11H2,1-4H3;6-8,11-15,18H,4-5,9-10H2,1-3H3;5-7,10-15,17H,3-4,8-9H2,1-2H3/q4*+1. The number of para-hydroxylation sites is 8. The summed E-state index contributed by atoms with van der Waals surface area (Å²) in [5, 5.41) is 10.5. The number of aromatic nitrogens is 12. The van der Waals surface area contributed by atoms with E-state index in [0.29, 0.717) is 29.6 Å². The van der Waals surface area contributed by atoms with Gasteiger partial charge in [0.05, 0.1) is 99.0 Å².